The summed E-state index contributed by atoms with van der Waals surface area (Å²) in [4.78, 5) is 25.9. The molecule has 0 radical (unpaired) electrons. The number of benzene rings is 1. The second-order valence-corrected chi connectivity index (χ2v) is 10.2. The Kier molecular flexibility index (Phi) is 6.97. The zero-order chi connectivity index (χ0) is 28.0. The molecule has 1 saturated carbocycles. The van der Waals surface area contributed by atoms with Crippen LogP contribution in [0.2, 0.25) is 0 Å². The smallest absolute Gasteiger partial charge is 0.243 e. The summed E-state index contributed by atoms with van der Waals surface area (Å²) in [5.74, 6) is -2.05. The first-order valence-corrected chi connectivity index (χ1v) is 13.1. The molecule has 0 spiro atoms. The monoisotopic (exact) mass is 553 g/mol. The SMILES string of the molecule is C=CC(=O)N[C@H]1COC[C@H]1Nc1ncc2cc(-c3c(F)c(OC)cc(OC)c3F)nc(C3CC4CC(C3)O4)c2n1. The lowest BCUT2D eigenvalue weighted by molar-refractivity contribution is -0.162. The maximum atomic E-state index is 15.5. The summed E-state index contributed by atoms with van der Waals surface area (Å²) in [6, 6.07) is 2.18. The normalized spacial score (nSPS) is 25.2. The van der Waals surface area contributed by atoms with Crippen LogP contribution >= 0.6 is 0 Å². The van der Waals surface area contributed by atoms with Crippen LogP contribution in [-0.4, -0.2) is 72.6 Å². The van der Waals surface area contributed by atoms with E-state index >= 15 is 8.78 Å². The Morgan fingerprint density at radius 2 is 1.73 bits per heavy atom. The lowest BCUT2D eigenvalue weighted by atomic mass is 9.78. The number of rotatable bonds is 8. The van der Waals surface area contributed by atoms with Gasteiger partial charge in [0.15, 0.2) is 23.1 Å². The predicted octanol–water partition coefficient (Wildman–Crippen LogP) is 3.50. The molecule has 4 atom stereocenters. The van der Waals surface area contributed by atoms with Crippen LogP contribution in [0.4, 0.5) is 14.7 Å². The molecular formula is C28H29F2N5O5. The lowest BCUT2D eigenvalue weighted by Gasteiger charge is -2.45. The van der Waals surface area contributed by atoms with Gasteiger partial charge in [-0.3, -0.25) is 9.78 Å². The number of fused-ring (bicyclic) bond motifs is 3. The molecule has 3 aromatic rings. The second-order valence-electron chi connectivity index (χ2n) is 10.2. The molecule has 2 bridgehead atoms. The summed E-state index contributed by atoms with van der Waals surface area (Å²) in [6.45, 7) is 4.19. The van der Waals surface area contributed by atoms with E-state index in [4.69, 9.17) is 28.9 Å². The van der Waals surface area contributed by atoms with Crippen LogP contribution < -0.4 is 20.1 Å². The third-order valence-corrected chi connectivity index (χ3v) is 7.72. The molecule has 12 heteroatoms. The number of methoxy groups -OCH3 is 2. The lowest BCUT2D eigenvalue weighted by Crippen LogP contribution is -2.45. The molecule has 3 saturated heterocycles. The van der Waals surface area contributed by atoms with E-state index in [1.165, 1.54) is 26.4 Å². The number of halogens is 2. The largest absolute Gasteiger partial charge is 0.494 e. The van der Waals surface area contributed by atoms with E-state index in [9.17, 15) is 4.79 Å². The van der Waals surface area contributed by atoms with Crippen LogP contribution in [0.15, 0.2) is 31.0 Å². The van der Waals surface area contributed by atoms with Crippen molar-refractivity contribution in [2.75, 3.05) is 32.8 Å². The average molecular weight is 554 g/mol. The summed E-state index contributed by atoms with van der Waals surface area (Å²) >= 11 is 0. The maximum Gasteiger partial charge on any atom is 0.243 e. The molecule has 4 fully saturated rings. The quantitative estimate of drug-likeness (QED) is 0.404. The summed E-state index contributed by atoms with van der Waals surface area (Å²) < 4.78 is 52.6. The van der Waals surface area contributed by atoms with E-state index in [1.807, 2.05) is 0 Å². The number of carbonyl (C=O) groups is 1. The Balaban J connectivity index is 1.43. The van der Waals surface area contributed by atoms with Crippen molar-refractivity contribution in [3.8, 4) is 22.8 Å². The van der Waals surface area contributed by atoms with Crippen molar-refractivity contribution in [3.63, 3.8) is 0 Å². The van der Waals surface area contributed by atoms with Crippen LogP contribution in [0.25, 0.3) is 22.2 Å². The number of hydrogen-bond acceptors (Lipinski definition) is 9. The first kappa shape index (κ1) is 26.3. The molecular weight excluding hydrogens is 524 g/mol. The fourth-order valence-electron chi connectivity index (χ4n) is 5.72. The van der Waals surface area contributed by atoms with Gasteiger partial charge in [0, 0.05) is 23.6 Å². The minimum atomic E-state index is -0.874. The third kappa shape index (κ3) is 4.71. The van der Waals surface area contributed by atoms with Crippen molar-refractivity contribution in [2.45, 2.75) is 49.5 Å². The molecule has 2 aromatic heterocycles. The van der Waals surface area contributed by atoms with Gasteiger partial charge in [0.1, 0.15) is 0 Å². The number of pyridine rings is 1. The number of anilines is 1. The molecule has 10 nitrogen and oxygen atoms in total. The zero-order valence-corrected chi connectivity index (χ0v) is 22.1. The topological polar surface area (TPSA) is 117 Å². The number of carbonyl (C=O) groups excluding carboxylic acids is 1. The fourth-order valence-corrected chi connectivity index (χ4v) is 5.72. The number of ether oxygens (including phenoxy) is 4. The van der Waals surface area contributed by atoms with Crippen LogP contribution in [0, 0.1) is 11.6 Å². The molecule has 1 amide bonds. The molecule has 210 valence electrons. The van der Waals surface area contributed by atoms with Crippen molar-refractivity contribution in [3.05, 3.63) is 48.3 Å². The van der Waals surface area contributed by atoms with Crippen LogP contribution in [-0.2, 0) is 14.3 Å². The first-order chi connectivity index (χ1) is 19.4. The van der Waals surface area contributed by atoms with Gasteiger partial charge in [-0.05, 0) is 31.4 Å². The molecule has 5 heterocycles. The van der Waals surface area contributed by atoms with Crippen molar-refractivity contribution in [2.24, 2.45) is 0 Å². The number of nitrogens with one attached hydrogen (secondary N) is 2. The fraction of sp³-hybridized carbons (Fsp3) is 0.429. The molecule has 2 unspecified atom stereocenters. The Morgan fingerprint density at radius 3 is 2.38 bits per heavy atom. The minimum Gasteiger partial charge on any atom is -0.494 e. The van der Waals surface area contributed by atoms with Crippen molar-refractivity contribution in [1.29, 1.82) is 0 Å². The van der Waals surface area contributed by atoms with Crippen LogP contribution in [0.1, 0.15) is 30.9 Å². The molecule has 2 N–H and O–H groups in total. The van der Waals surface area contributed by atoms with E-state index in [0.717, 1.165) is 19.3 Å². The molecule has 1 aliphatic carbocycles. The summed E-state index contributed by atoms with van der Waals surface area (Å²) in [7, 11) is 2.61. The van der Waals surface area contributed by atoms with Gasteiger partial charge in [-0.25, -0.2) is 18.7 Å². The third-order valence-electron chi connectivity index (χ3n) is 7.72. The number of aromatic nitrogens is 3. The van der Waals surface area contributed by atoms with E-state index < -0.39 is 11.6 Å². The highest BCUT2D eigenvalue weighted by atomic mass is 19.1. The number of nitrogens with zero attached hydrogens (tertiary/aromatic N) is 3. The summed E-state index contributed by atoms with van der Waals surface area (Å²) in [5, 5.41) is 6.67. The van der Waals surface area contributed by atoms with Gasteiger partial charge in [0.25, 0.3) is 0 Å². The van der Waals surface area contributed by atoms with Gasteiger partial charge in [-0.1, -0.05) is 6.58 Å². The van der Waals surface area contributed by atoms with Crippen LogP contribution in [0.3, 0.4) is 0 Å². The first-order valence-electron chi connectivity index (χ1n) is 13.1. The number of hydrogen-bond donors (Lipinski definition) is 2. The van der Waals surface area contributed by atoms with E-state index in [-0.39, 0.29) is 58.9 Å². The van der Waals surface area contributed by atoms with Gasteiger partial charge in [0.05, 0.1) is 74.2 Å². The highest BCUT2D eigenvalue weighted by Crippen LogP contribution is 2.45. The highest BCUT2D eigenvalue weighted by molar-refractivity contribution is 5.87. The molecule has 7 rings (SSSR count). The Hall–Kier alpha value is -3.90. The average Bonchev–Trinajstić information content (AvgIpc) is 3.38. The minimum absolute atomic E-state index is 0.0178. The van der Waals surface area contributed by atoms with Crippen LogP contribution in [0.5, 0.6) is 11.5 Å². The summed E-state index contributed by atoms with van der Waals surface area (Å²) in [5.41, 5.74) is 0.947. The Labute approximate surface area is 229 Å². The zero-order valence-electron chi connectivity index (χ0n) is 22.1. The van der Waals surface area contributed by atoms with Gasteiger partial charge >= 0.3 is 0 Å². The van der Waals surface area contributed by atoms with E-state index in [2.05, 4.69) is 22.2 Å². The number of amides is 1. The summed E-state index contributed by atoms with van der Waals surface area (Å²) in [6.07, 6.45) is 5.50. The van der Waals surface area contributed by atoms with E-state index in [1.54, 1.807) is 12.3 Å². The molecule has 4 aliphatic rings. The standard InChI is InChI=1S/C28H29F2N5O5/c1-4-22(36)32-18-11-39-12-19(18)34-28-31-10-14-7-17(23-24(29)20(37-2)9-21(38-3)25(23)30)33-26(27(14)35-28)13-5-15-8-16(6-13)40-15/h4,7,9-10,13,15-16,18-19H,1,5-6,8,11-12H2,2-3H3,(H,32,36)(H,31,34,35)/t13?,15?,16?,18-,19+/m0/s1. The second kappa shape index (κ2) is 10.6. The highest BCUT2D eigenvalue weighted by Gasteiger charge is 2.41. The maximum absolute atomic E-state index is 15.5. The Morgan fingerprint density at radius 1 is 1.05 bits per heavy atom. The molecule has 40 heavy (non-hydrogen) atoms. The molecule has 3 aliphatic heterocycles. The Bertz CT molecular complexity index is 1440. The van der Waals surface area contributed by atoms with Gasteiger partial charge in [-0.15, -0.1) is 0 Å². The van der Waals surface area contributed by atoms with Gasteiger partial charge in [0.2, 0.25) is 11.9 Å². The van der Waals surface area contributed by atoms with Crippen molar-refractivity contribution < 1.29 is 32.5 Å². The van der Waals surface area contributed by atoms with E-state index in [0.29, 0.717) is 35.8 Å². The molecule has 1 aromatic carbocycles. The predicted molar refractivity (Wildman–Crippen MR) is 141 cm³/mol. The van der Waals surface area contributed by atoms with Gasteiger partial charge in [-0.2, -0.15) is 0 Å². The van der Waals surface area contributed by atoms with Gasteiger partial charge < -0.3 is 29.6 Å². The van der Waals surface area contributed by atoms with Crippen molar-refractivity contribution >= 4 is 22.8 Å². The van der Waals surface area contributed by atoms with Crippen molar-refractivity contribution in [1.82, 2.24) is 20.3 Å².